The minimum atomic E-state index is -1.00. The fourth-order valence-electron chi connectivity index (χ4n) is 3.07. The molecule has 0 spiro atoms. The third-order valence-corrected chi connectivity index (χ3v) is 4.83. The zero-order chi connectivity index (χ0) is 17.3. The molecule has 1 aliphatic rings. The van der Waals surface area contributed by atoms with Crippen LogP contribution in [-0.2, 0) is 4.79 Å². The van der Waals surface area contributed by atoms with Crippen molar-refractivity contribution in [1.29, 1.82) is 0 Å². The lowest BCUT2D eigenvalue weighted by atomic mass is 9.82. The zero-order valence-electron chi connectivity index (χ0n) is 14.1. The van der Waals surface area contributed by atoms with Gasteiger partial charge in [0.2, 0.25) is 0 Å². The Labute approximate surface area is 143 Å². The van der Waals surface area contributed by atoms with Gasteiger partial charge in [0.1, 0.15) is 5.78 Å². The van der Waals surface area contributed by atoms with E-state index in [1.807, 2.05) is 62.4 Å². The second-order valence-corrected chi connectivity index (χ2v) is 6.91. The summed E-state index contributed by atoms with van der Waals surface area (Å²) in [6.45, 7) is 3.95. The molecule has 0 bridgehead atoms. The monoisotopic (exact) mass is 324 g/mol. The van der Waals surface area contributed by atoms with Crippen LogP contribution in [-0.4, -0.2) is 16.0 Å². The van der Waals surface area contributed by atoms with Crippen LogP contribution in [0.15, 0.2) is 48.5 Å². The fourth-order valence-corrected chi connectivity index (χ4v) is 3.07. The maximum atomic E-state index is 12.7. The van der Waals surface area contributed by atoms with Crippen LogP contribution < -0.4 is 0 Å². The molecular formula is C21H24O3. The average molecular weight is 324 g/mol. The molecule has 3 rings (SSSR count). The van der Waals surface area contributed by atoms with Crippen molar-refractivity contribution in [3.8, 4) is 0 Å². The number of carbonyl (C=O) groups is 1. The predicted octanol–water partition coefficient (Wildman–Crippen LogP) is 3.67. The number of benzene rings is 2. The van der Waals surface area contributed by atoms with E-state index in [2.05, 4.69) is 0 Å². The van der Waals surface area contributed by atoms with Gasteiger partial charge in [-0.25, -0.2) is 0 Å². The molecule has 0 aliphatic heterocycles. The lowest BCUT2D eigenvalue weighted by molar-refractivity contribution is -0.133. The first-order chi connectivity index (χ1) is 11.5. The second-order valence-electron chi connectivity index (χ2n) is 6.91. The maximum absolute atomic E-state index is 12.7. The number of aryl methyl sites for hydroxylation is 2. The van der Waals surface area contributed by atoms with Crippen LogP contribution in [0.2, 0.25) is 0 Å². The standard InChI is InChI=1S/C21H24O3/c1-13-3-7-15(8-4-13)19(22)18(21(24)17-11-12-17)20(23)16-9-5-14(2)6-10-16/h3-10,17-20,22-23H,11-12H2,1-2H3/t19-,20-/m0/s1. The third-order valence-electron chi connectivity index (χ3n) is 4.83. The average Bonchev–Trinajstić information content (AvgIpc) is 3.41. The van der Waals surface area contributed by atoms with Crippen LogP contribution in [0, 0.1) is 25.7 Å². The van der Waals surface area contributed by atoms with Crippen molar-refractivity contribution in [3.05, 3.63) is 70.8 Å². The van der Waals surface area contributed by atoms with Gasteiger partial charge in [-0.1, -0.05) is 59.7 Å². The van der Waals surface area contributed by atoms with Gasteiger partial charge in [0.05, 0.1) is 18.1 Å². The summed E-state index contributed by atoms with van der Waals surface area (Å²) in [5, 5.41) is 21.6. The van der Waals surface area contributed by atoms with E-state index in [1.54, 1.807) is 0 Å². The summed E-state index contributed by atoms with van der Waals surface area (Å²) in [6.07, 6.45) is -0.294. The number of aliphatic hydroxyl groups is 2. The van der Waals surface area contributed by atoms with Gasteiger partial charge in [-0.15, -0.1) is 0 Å². The quantitative estimate of drug-likeness (QED) is 0.852. The van der Waals surface area contributed by atoms with Crippen molar-refractivity contribution < 1.29 is 15.0 Å². The van der Waals surface area contributed by atoms with Gasteiger partial charge in [0, 0.05) is 5.92 Å². The molecule has 2 atom stereocenters. The highest BCUT2D eigenvalue weighted by Gasteiger charge is 2.42. The molecule has 3 nitrogen and oxygen atoms in total. The molecule has 2 N–H and O–H groups in total. The van der Waals surface area contributed by atoms with Crippen molar-refractivity contribution >= 4 is 5.78 Å². The number of carbonyl (C=O) groups excluding carboxylic acids is 1. The molecule has 3 heteroatoms. The van der Waals surface area contributed by atoms with E-state index in [1.165, 1.54) is 0 Å². The van der Waals surface area contributed by atoms with Crippen molar-refractivity contribution in [3.63, 3.8) is 0 Å². The predicted molar refractivity (Wildman–Crippen MR) is 93.5 cm³/mol. The van der Waals surface area contributed by atoms with E-state index in [9.17, 15) is 15.0 Å². The number of aliphatic hydroxyl groups excluding tert-OH is 2. The van der Waals surface area contributed by atoms with Crippen molar-refractivity contribution in [1.82, 2.24) is 0 Å². The van der Waals surface area contributed by atoms with E-state index in [0.29, 0.717) is 11.1 Å². The van der Waals surface area contributed by atoms with Gasteiger partial charge < -0.3 is 10.2 Å². The number of hydrogen-bond acceptors (Lipinski definition) is 3. The molecule has 1 saturated carbocycles. The Morgan fingerprint density at radius 3 is 1.54 bits per heavy atom. The Hall–Kier alpha value is -1.97. The van der Waals surface area contributed by atoms with Gasteiger partial charge in [-0.2, -0.15) is 0 Å². The van der Waals surface area contributed by atoms with E-state index in [0.717, 1.165) is 24.0 Å². The number of hydrogen-bond donors (Lipinski definition) is 2. The molecule has 1 fully saturated rings. The largest absolute Gasteiger partial charge is 0.388 e. The van der Waals surface area contributed by atoms with E-state index in [-0.39, 0.29) is 11.7 Å². The van der Waals surface area contributed by atoms with E-state index >= 15 is 0 Å². The first-order valence-corrected chi connectivity index (χ1v) is 8.50. The summed E-state index contributed by atoms with van der Waals surface area (Å²) in [5.41, 5.74) is 3.53. The molecule has 0 saturated heterocycles. The topological polar surface area (TPSA) is 57.5 Å². The highest BCUT2D eigenvalue weighted by molar-refractivity contribution is 5.86. The van der Waals surface area contributed by atoms with Gasteiger partial charge in [-0.05, 0) is 37.8 Å². The Kier molecular flexibility index (Phi) is 4.83. The first-order valence-electron chi connectivity index (χ1n) is 8.50. The normalized spacial score (nSPS) is 16.9. The van der Waals surface area contributed by atoms with Crippen molar-refractivity contribution in [2.45, 2.75) is 38.9 Å². The summed E-state index contributed by atoms with van der Waals surface area (Å²) >= 11 is 0. The van der Waals surface area contributed by atoms with Crippen molar-refractivity contribution in [2.75, 3.05) is 0 Å². The number of ketones is 1. The molecule has 126 valence electrons. The number of Topliss-reactive ketones (excluding diaryl/α,β-unsaturated/α-hetero) is 1. The van der Waals surface area contributed by atoms with Crippen LogP contribution in [0.4, 0.5) is 0 Å². The molecular weight excluding hydrogens is 300 g/mol. The molecule has 2 aromatic rings. The maximum Gasteiger partial charge on any atom is 0.144 e. The smallest absolute Gasteiger partial charge is 0.144 e. The van der Waals surface area contributed by atoms with Crippen LogP contribution >= 0.6 is 0 Å². The van der Waals surface area contributed by atoms with Crippen LogP contribution in [0.3, 0.4) is 0 Å². The third kappa shape index (κ3) is 3.58. The minimum absolute atomic E-state index is 0.0183. The van der Waals surface area contributed by atoms with Crippen molar-refractivity contribution in [2.24, 2.45) is 11.8 Å². The molecule has 0 aromatic heterocycles. The summed E-state index contributed by atoms with van der Waals surface area (Å²) in [5.74, 6) is -0.880. The lowest BCUT2D eigenvalue weighted by Crippen LogP contribution is -2.30. The number of rotatable bonds is 6. The molecule has 0 unspecified atom stereocenters. The van der Waals surface area contributed by atoms with Gasteiger partial charge in [-0.3, -0.25) is 4.79 Å². The molecule has 0 heterocycles. The fraction of sp³-hybridized carbons (Fsp3) is 0.381. The summed E-state index contributed by atoms with van der Waals surface area (Å²) in [7, 11) is 0. The minimum Gasteiger partial charge on any atom is -0.388 e. The lowest BCUT2D eigenvalue weighted by Gasteiger charge is -2.27. The SMILES string of the molecule is Cc1ccc([C@H](O)C(C(=O)C2CC2)[C@@H](O)c2ccc(C)cc2)cc1. The molecule has 2 aromatic carbocycles. The molecule has 1 aliphatic carbocycles. The molecule has 0 amide bonds. The zero-order valence-corrected chi connectivity index (χ0v) is 14.1. The Morgan fingerprint density at radius 1 is 0.833 bits per heavy atom. The Morgan fingerprint density at radius 2 is 1.21 bits per heavy atom. The highest BCUT2D eigenvalue weighted by atomic mass is 16.3. The van der Waals surface area contributed by atoms with Crippen LogP contribution in [0.5, 0.6) is 0 Å². The van der Waals surface area contributed by atoms with Gasteiger partial charge >= 0.3 is 0 Å². The Balaban J connectivity index is 1.91. The van der Waals surface area contributed by atoms with Gasteiger partial charge in [0.25, 0.3) is 0 Å². The molecule has 24 heavy (non-hydrogen) atoms. The molecule has 0 radical (unpaired) electrons. The van der Waals surface area contributed by atoms with Crippen LogP contribution in [0.1, 0.15) is 47.3 Å². The summed E-state index contributed by atoms with van der Waals surface area (Å²) in [4.78, 5) is 12.7. The Bertz CT molecular complexity index is 647. The van der Waals surface area contributed by atoms with E-state index < -0.39 is 18.1 Å². The highest BCUT2D eigenvalue weighted by Crippen LogP contribution is 2.41. The van der Waals surface area contributed by atoms with E-state index in [4.69, 9.17) is 0 Å². The summed E-state index contributed by atoms with van der Waals surface area (Å²) in [6, 6.07) is 15.0. The second kappa shape index (κ2) is 6.88. The summed E-state index contributed by atoms with van der Waals surface area (Å²) < 4.78 is 0. The van der Waals surface area contributed by atoms with Crippen LogP contribution in [0.25, 0.3) is 0 Å². The van der Waals surface area contributed by atoms with Gasteiger partial charge in [0.15, 0.2) is 0 Å². The first kappa shape index (κ1) is 16.9.